The number of halogens is 3. The van der Waals surface area contributed by atoms with Crippen molar-refractivity contribution in [3.8, 4) is 11.5 Å². The van der Waals surface area contributed by atoms with Crippen LogP contribution in [0.4, 0.5) is 24.5 Å². The van der Waals surface area contributed by atoms with Crippen molar-refractivity contribution in [2.24, 2.45) is 0 Å². The quantitative estimate of drug-likeness (QED) is 0.829. The van der Waals surface area contributed by atoms with Crippen molar-refractivity contribution in [2.75, 3.05) is 29.9 Å². The number of anilines is 2. The lowest BCUT2D eigenvalue weighted by Gasteiger charge is -2.30. The maximum Gasteiger partial charge on any atom is 0.471 e. The molecule has 7 nitrogen and oxygen atoms in total. The van der Waals surface area contributed by atoms with Gasteiger partial charge < -0.3 is 14.8 Å². The molecule has 0 radical (unpaired) electrons. The van der Waals surface area contributed by atoms with Crippen molar-refractivity contribution in [3.05, 3.63) is 42.5 Å². The summed E-state index contributed by atoms with van der Waals surface area (Å²) < 4.78 is 75.3. The van der Waals surface area contributed by atoms with Gasteiger partial charge in [0.15, 0.2) is 0 Å². The second-order valence-corrected chi connectivity index (χ2v) is 7.57. The standard InChI is InChI=1S/C17H15F3N2O5S/c1-26-14-7-6-11(10-12(14)21-16(23)17(18,19)20)28(24,25)22-8-9-27-15-5-3-2-4-13(15)22/h2-7,10H,8-9H2,1H3,(H,21,23). The smallest absolute Gasteiger partial charge is 0.471 e. The highest BCUT2D eigenvalue weighted by Gasteiger charge is 2.39. The van der Waals surface area contributed by atoms with Crippen LogP contribution in [0.2, 0.25) is 0 Å². The first-order chi connectivity index (χ1) is 13.1. The average Bonchev–Trinajstić information content (AvgIpc) is 2.66. The molecule has 0 aliphatic carbocycles. The molecule has 0 aromatic heterocycles. The number of hydrogen-bond donors (Lipinski definition) is 1. The fourth-order valence-electron chi connectivity index (χ4n) is 2.66. The van der Waals surface area contributed by atoms with Crippen molar-refractivity contribution in [1.82, 2.24) is 0 Å². The van der Waals surface area contributed by atoms with Gasteiger partial charge >= 0.3 is 12.1 Å². The number of fused-ring (bicyclic) bond motifs is 1. The number of nitrogens with one attached hydrogen (secondary N) is 1. The highest BCUT2D eigenvalue weighted by Crippen LogP contribution is 2.36. The highest BCUT2D eigenvalue weighted by molar-refractivity contribution is 7.92. The molecular weight excluding hydrogens is 401 g/mol. The van der Waals surface area contributed by atoms with Crippen molar-refractivity contribution in [2.45, 2.75) is 11.1 Å². The third-order valence-electron chi connectivity index (χ3n) is 3.95. The highest BCUT2D eigenvalue weighted by atomic mass is 32.2. The van der Waals surface area contributed by atoms with Gasteiger partial charge in [0.1, 0.15) is 18.1 Å². The maximum absolute atomic E-state index is 13.1. The number of methoxy groups -OCH3 is 1. The SMILES string of the molecule is COc1ccc(S(=O)(=O)N2CCOc3ccccc32)cc1NC(=O)C(F)(F)F. The summed E-state index contributed by atoms with van der Waals surface area (Å²) in [7, 11) is -2.94. The number of alkyl halides is 3. The van der Waals surface area contributed by atoms with Crippen molar-refractivity contribution < 1.29 is 35.9 Å². The van der Waals surface area contributed by atoms with Gasteiger partial charge in [-0.3, -0.25) is 9.10 Å². The fraction of sp³-hybridized carbons (Fsp3) is 0.235. The molecule has 1 heterocycles. The Morgan fingerprint density at radius 2 is 1.93 bits per heavy atom. The van der Waals surface area contributed by atoms with Crippen LogP contribution in [-0.2, 0) is 14.8 Å². The Hall–Kier alpha value is -2.95. The van der Waals surface area contributed by atoms with E-state index >= 15 is 0 Å². The Labute approximate surface area is 158 Å². The number of para-hydroxylation sites is 2. The molecule has 0 bridgehead atoms. The molecule has 1 N–H and O–H groups in total. The van der Waals surface area contributed by atoms with Crippen LogP contribution in [0, 0.1) is 0 Å². The summed E-state index contributed by atoms with van der Waals surface area (Å²) in [6, 6.07) is 9.78. The lowest BCUT2D eigenvalue weighted by molar-refractivity contribution is -0.167. The zero-order valence-corrected chi connectivity index (χ0v) is 15.3. The average molecular weight is 416 g/mol. The molecule has 11 heteroatoms. The van der Waals surface area contributed by atoms with E-state index in [1.807, 2.05) is 0 Å². The minimum absolute atomic E-state index is 0.0234. The van der Waals surface area contributed by atoms with E-state index in [1.54, 1.807) is 29.6 Å². The van der Waals surface area contributed by atoms with Gasteiger partial charge in [-0.25, -0.2) is 8.42 Å². The summed E-state index contributed by atoms with van der Waals surface area (Å²) in [6.45, 7) is 0.139. The molecule has 1 aliphatic rings. The second kappa shape index (κ2) is 7.23. The van der Waals surface area contributed by atoms with E-state index < -0.39 is 27.8 Å². The minimum atomic E-state index is -5.14. The van der Waals surface area contributed by atoms with E-state index in [0.717, 1.165) is 10.4 Å². The second-order valence-electron chi connectivity index (χ2n) is 5.71. The van der Waals surface area contributed by atoms with E-state index in [2.05, 4.69) is 0 Å². The Morgan fingerprint density at radius 3 is 2.61 bits per heavy atom. The van der Waals surface area contributed by atoms with Gasteiger partial charge in [-0.05, 0) is 30.3 Å². The molecule has 0 saturated heterocycles. The molecule has 28 heavy (non-hydrogen) atoms. The van der Waals surface area contributed by atoms with Gasteiger partial charge in [0.2, 0.25) is 0 Å². The summed E-state index contributed by atoms with van der Waals surface area (Å²) in [5.74, 6) is -1.98. The number of amides is 1. The van der Waals surface area contributed by atoms with E-state index in [1.165, 1.54) is 19.2 Å². The number of rotatable bonds is 4. The van der Waals surface area contributed by atoms with Crippen LogP contribution >= 0.6 is 0 Å². The lowest BCUT2D eigenvalue weighted by Crippen LogP contribution is -2.38. The zero-order chi connectivity index (χ0) is 20.5. The molecule has 0 fully saturated rings. The molecule has 1 aliphatic heterocycles. The summed E-state index contributed by atoms with van der Waals surface area (Å²) in [5, 5.41) is 1.64. The van der Waals surface area contributed by atoms with Gasteiger partial charge in [0.25, 0.3) is 10.0 Å². The van der Waals surface area contributed by atoms with Crippen LogP contribution in [-0.4, -0.2) is 40.8 Å². The summed E-state index contributed by atoms with van der Waals surface area (Å²) >= 11 is 0. The predicted octanol–water partition coefficient (Wildman–Crippen LogP) is 2.78. The number of ether oxygens (including phenoxy) is 2. The topological polar surface area (TPSA) is 84.9 Å². The molecule has 0 saturated carbocycles. The van der Waals surface area contributed by atoms with Crippen molar-refractivity contribution in [1.29, 1.82) is 0 Å². The summed E-state index contributed by atoms with van der Waals surface area (Å²) in [4.78, 5) is 11.0. The molecule has 0 spiro atoms. The van der Waals surface area contributed by atoms with E-state index in [0.29, 0.717) is 11.4 Å². The number of carbonyl (C=O) groups is 1. The van der Waals surface area contributed by atoms with Crippen LogP contribution in [0.3, 0.4) is 0 Å². The largest absolute Gasteiger partial charge is 0.495 e. The van der Waals surface area contributed by atoms with Crippen LogP contribution in [0.15, 0.2) is 47.4 Å². The first-order valence-electron chi connectivity index (χ1n) is 7.95. The Balaban J connectivity index is 2.02. The number of nitrogens with zero attached hydrogens (tertiary/aromatic N) is 1. The monoisotopic (exact) mass is 416 g/mol. The molecule has 2 aromatic carbocycles. The lowest BCUT2D eigenvalue weighted by atomic mass is 10.2. The van der Waals surface area contributed by atoms with Crippen LogP contribution in [0.1, 0.15) is 0 Å². The van der Waals surface area contributed by atoms with Gasteiger partial charge in [-0.15, -0.1) is 0 Å². The molecule has 3 rings (SSSR count). The van der Waals surface area contributed by atoms with Gasteiger partial charge in [-0.2, -0.15) is 13.2 Å². The Morgan fingerprint density at radius 1 is 1.21 bits per heavy atom. The fourth-order valence-corrected chi connectivity index (χ4v) is 4.15. The minimum Gasteiger partial charge on any atom is -0.495 e. The molecule has 0 unspecified atom stereocenters. The normalized spacial score (nSPS) is 14.1. The van der Waals surface area contributed by atoms with E-state index in [9.17, 15) is 26.4 Å². The van der Waals surface area contributed by atoms with Gasteiger partial charge in [0.05, 0.1) is 29.9 Å². The predicted molar refractivity (Wildman–Crippen MR) is 94.1 cm³/mol. The Kier molecular flexibility index (Phi) is 5.11. The van der Waals surface area contributed by atoms with E-state index in [-0.39, 0.29) is 23.8 Å². The molecule has 150 valence electrons. The summed E-state index contributed by atoms with van der Waals surface area (Å²) in [6.07, 6.45) is -5.14. The van der Waals surface area contributed by atoms with Gasteiger partial charge in [-0.1, -0.05) is 12.1 Å². The third kappa shape index (κ3) is 3.70. The van der Waals surface area contributed by atoms with Crippen molar-refractivity contribution in [3.63, 3.8) is 0 Å². The molecule has 2 aromatic rings. The maximum atomic E-state index is 13.1. The van der Waals surface area contributed by atoms with E-state index in [4.69, 9.17) is 9.47 Å². The van der Waals surface area contributed by atoms with Crippen LogP contribution in [0.25, 0.3) is 0 Å². The first-order valence-corrected chi connectivity index (χ1v) is 9.39. The summed E-state index contributed by atoms with van der Waals surface area (Å²) in [5.41, 5.74) is -0.0992. The number of sulfonamides is 1. The first kappa shape index (κ1) is 19.8. The number of hydrogen-bond acceptors (Lipinski definition) is 5. The number of benzene rings is 2. The Bertz CT molecular complexity index is 1010. The van der Waals surface area contributed by atoms with Crippen LogP contribution in [0.5, 0.6) is 11.5 Å². The van der Waals surface area contributed by atoms with Crippen LogP contribution < -0.4 is 19.1 Å². The van der Waals surface area contributed by atoms with Gasteiger partial charge in [0, 0.05) is 0 Å². The third-order valence-corrected chi connectivity index (χ3v) is 5.76. The molecule has 0 atom stereocenters. The molecule has 1 amide bonds. The van der Waals surface area contributed by atoms with Crippen molar-refractivity contribution >= 4 is 27.3 Å². The number of carbonyl (C=O) groups excluding carboxylic acids is 1. The molecular formula is C17H15F3N2O5S. The zero-order valence-electron chi connectivity index (χ0n) is 14.5.